The third kappa shape index (κ3) is 1.87. The van der Waals surface area contributed by atoms with Crippen LogP contribution in [0.2, 0.25) is 0 Å². The second-order valence-electron chi connectivity index (χ2n) is 6.57. The molecule has 27 heavy (non-hydrogen) atoms. The van der Waals surface area contributed by atoms with Crippen molar-refractivity contribution < 1.29 is 44.9 Å². The monoisotopic (exact) mass is 376 g/mol. The molecule has 2 aromatic carbocycles. The second kappa shape index (κ2) is 5.18. The van der Waals surface area contributed by atoms with Crippen LogP contribution in [-0.2, 0) is 28.5 Å². The summed E-state index contributed by atoms with van der Waals surface area (Å²) in [4.78, 5) is 13.2. The van der Waals surface area contributed by atoms with Crippen LogP contribution in [0.15, 0.2) is 0 Å². The summed E-state index contributed by atoms with van der Waals surface area (Å²) in [6.45, 7) is 2.43. The Morgan fingerprint density at radius 1 is 0.704 bits per heavy atom. The lowest BCUT2D eigenvalue weighted by Crippen LogP contribution is -2.42. The number of benzene rings is 2. The largest absolute Gasteiger partial charge is 0.504 e. The zero-order valence-electron chi connectivity index (χ0n) is 14.3. The van der Waals surface area contributed by atoms with E-state index in [1.807, 2.05) is 0 Å². The van der Waals surface area contributed by atoms with Crippen LogP contribution in [0.4, 0.5) is 0 Å². The van der Waals surface area contributed by atoms with Crippen LogP contribution >= 0.6 is 0 Å². The lowest BCUT2D eigenvalue weighted by molar-refractivity contribution is -0.213. The van der Waals surface area contributed by atoms with Crippen molar-refractivity contribution in [2.45, 2.75) is 32.8 Å². The normalized spacial score (nSPS) is 20.7. The smallest absolute Gasteiger partial charge is 0.266 e. The molecule has 0 saturated carbocycles. The first-order valence-corrected chi connectivity index (χ1v) is 7.99. The van der Waals surface area contributed by atoms with E-state index < -0.39 is 46.1 Å². The molecule has 1 spiro atoms. The fourth-order valence-corrected chi connectivity index (χ4v) is 3.67. The zero-order valence-corrected chi connectivity index (χ0v) is 14.3. The molecule has 0 radical (unpaired) electrons. The van der Waals surface area contributed by atoms with Crippen molar-refractivity contribution in [2.24, 2.45) is 0 Å². The highest BCUT2D eigenvalue weighted by molar-refractivity contribution is 6.08. The molecule has 0 aliphatic carbocycles. The van der Waals surface area contributed by atoms with Crippen molar-refractivity contribution in [1.82, 2.24) is 0 Å². The molecule has 2 heterocycles. The van der Waals surface area contributed by atoms with Crippen LogP contribution < -0.4 is 0 Å². The van der Waals surface area contributed by atoms with Crippen LogP contribution in [-0.4, -0.2) is 36.4 Å². The van der Waals surface area contributed by atoms with Gasteiger partial charge in [0.15, 0.2) is 23.0 Å². The number of Topliss-reactive ketones (excluding diaryl/α,β-unsaturated/α-hetero) is 1. The van der Waals surface area contributed by atoms with Gasteiger partial charge in [-0.15, -0.1) is 0 Å². The maximum Gasteiger partial charge on any atom is 0.266 e. The zero-order chi connectivity index (χ0) is 19.8. The Balaban J connectivity index is 2.01. The van der Waals surface area contributed by atoms with Gasteiger partial charge >= 0.3 is 0 Å². The van der Waals surface area contributed by atoms with Gasteiger partial charge in [0.05, 0.1) is 24.3 Å². The standard InChI is InChI=1S/C18H16O9/c1-5-7-3-26-18(17(25)9(7)13(21)15(23)11(5)19)10-8(4-27-18)6(2)12(20)16(24)14(10)22/h19-24H,3-4H2,1-2H3. The first-order valence-electron chi connectivity index (χ1n) is 7.99. The van der Waals surface area contributed by atoms with E-state index in [1.54, 1.807) is 0 Å². The molecular weight excluding hydrogens is 360 g/mol. The number of phenols is 6. The van der Waals surface area contributed by atoms with E-state index in [2.05, 4.69) is 0 Å². The summed E-state index contributed by atoms with van der Waals surface area (Å²) in [6.07, 6.45) is 0. The Morgan fingerprint density at radius 2 is 1.19 bits per heavy atom. The van der Waals surface area contributed by atoms with Gasteiger partial charge in [0.1, 0.15) is 0 Å². The van der Waals surface area contributed by atoms with Crippen LogP contribution in [0.3, 0.4) is 0 Å². The quantitative estimate of drug-likeness (QED) is 0.376. The number of rotatable bonds is 0. The summed E-state index contributed by atoms with van der Waals surface area (Å²) in [6, 6.07) is 0. The summed E-state index contributed by atoms with van der Waals surface area (Å²) >= 11 is 0. The van der Waals surface area contributed by atoms with Gasteiger partial charge < -0.3 is 40.1 Å². The first kappa shape index (κ1) is 17.3. The summed E-state index contributed by atoms with van der Waals surface area (Å²) in [5.41, 5.74) is 0.291. The lowest BCUT2D eigenvalue weighted by atomic mass is 9.85. The molecule has 0 bridgehead atoms. The van der Waals surface area contributed by atoms with E-state index in [0.717, 1.165) is 0 Å². The fraction of sp³-hybridized carbons (Fsp3) is 0.278. The van der Waals surface area contributed by atoms with Gasteiger partial charge in [-0.2, -0.15) is 0 Å². The highest BCUT2D eigenvalue weighted by Gasteiger charge is 2.56. The minimum Gasteiger partial charge on any atom is -0.504 e. The molecule has 1 unspecified atom stereocenters. The minimum atomic E-state index is -2.17. The molecule has 0 aromatic heterocycles. The molecule has 2 aliphatic rings. The van der Waals surface area contributed by atoms with Crippen LogP contribution in [0.5, 0.6) is 34.5 Å². The van der Waals surface area contributed by atoms with Gasteiger partial charge in [-0.25, -0.2) is 0 Å². The number of hydrogen-bond donors (Lipinski definition) is 6. The molecular formula is C18H16O9. The van der Waals surface area contributed by atoms with Gasteiger partial charge in [0, 0.05) is 11.1 Å². The van der Waals surface area contributed by atoms with Gasteiger partial charge in [0.25, 0.3) is 5.79 Å². The van der Waals surface area contributed by atoms with Crippen molar-refractivity contribution in [1.29, 1.82) is 0 Å². The number of ketones is 1. The number of aromatic hydroxyl groups is 6. The first-order chi connectivity index (χ1) is 12.6. The number of carbonyl (C=O) groups excluding carboxylic acids is 1. The molecule has 4 rings (SSSR count). The highest BCUT2D eigenvalue weighted by Crippen LogP contribution is 2.56. The van der Waals surface area contributed by atoms with Crippen molar-refractivity contribution in [3.05, 3.63) is 33.4 Å². The topological polar surface area (TPSA) is 157 Å². The van der Waals surface area contributed by atoms with Gasteiger partial charge in [-0.1, -0.05) is 0 Å². The third-order valence-corrected chi connectivity index (χ3v) is 5.28. The van der Waals surface area contributed by atoms with E-state index >= 15 is 0 Å². The Hall–Kier alpha value is -3.17. The highest BCUT2D eigenvalue weighted by atomic mass is 16.7. The maximum absolute atomic E-state index is 13.2. The number of ether oxygens (including phenoxy) is 2. The number of carbonyl (C=O) groups is 1. The molecule has 142 valence electrons. The summed E-state index contributed by atoms with van der Waals surface area (Å²) in [5.74, 6) is -7.51. The van der Waals surface area contributed by atoms with E-state index in [4.69, 9.17) is 9.47 Å². The Labute approximate surface area is 152 Å². The lowest BCUT2D eigenvalue weighted by Gasteiger charge is -2.34. The van der Waals surface area contributed by atoms with Gasteiger partial charge in [-0.05, 0) is 25.0 Å². The van der Waals surface area contributed by atoms with E-state index in [1.165, 1.54) is 13.8 Å². The second-order valence-corrected chi connectivity index (χ2v) is 6.57. The summed E-state index contributed by atoms with van der Waals surface area (Å²) < 4.78 is 11.2. The molecule has 6 N–H and O–H groups in total. The number of fused-ring (bicyclic) bond motifs is 3. The van der Waals surface area contributed by atoms with Crippen molar-refractivity contribution >= 4 is 5.78 Å². The van der Waals surface area contributed by atoms with Gasteiger partial charge in [-0.3, -0.25) is 4.79 Å². The molecule has 0 amide bonds. The van der Waals surface area contributed by atoms with E-state index in [-0.39, 0.29) is 46.6 Å². The summed E-state index contributed by atoms with van der Waals surface area (Å²) in [7, 11) is 0. The van der Waals surface area contributed by atoms with E-state index in [9.17, 15) is 35.4 Å². The molecule has 9 heteroatoms. The molecule has 9 nitrogen and oxygen atoms in total. The predicted molar refractivity (Wildman–Crippen MR) is 87.9 cm³/mol. The average Bonchev–Trinajstić information content (AvgIpc) is 3.03. The predicted octanol–water partition coefficient (Wildman–Crippen LogP) is 1.63. The Bertz CT molecular complexity index is 1040. The Kier molecular flexibility index (Phi) is 3.31. The summed E-state index contributed by atoms with van der Waals surface area (Å²) in [5, 5.41) is 60.3. The molecule has 2 aromatic rings. The SMILES string of the molecule is Cc1c(O)c(O)c(O)c2c1COC1(OCc3c(C)c(O)c(O)c(O)c31)C2=O. The van der Waals surface area contributed by atoms with Gasteiger partial charge in [0.2, 0.25) is 17.3 Å². The molecule has 0 saturated heterocycles. The fourth-order valence-electron chi connectivity index (χ4n) is 3.67. The minimum absolute atomic E-state index is 0.149. The van der Waals surface area contributed by atoms with Crippen molar-refractivity contribution in [2.75, 3.05) is 0 Å². The van der Waals surface area contributed by atoms with Crippen LogP contribution in [0.25, 0.3) is 0 Å². The maximum atomic E-state index is 13.2. The molecule has 1 atom stereocenters. The van der Waals surface area contributed by atoms with Crippen molar-refractivity contribution in [3.63, 3.8) is 0 Å². The average molecular weight is 376 g/mol. The van der Waals surface area contributed by atoms with Crippen molar-refractivity contribution in [3.8, 4) is 34.5 Å². The van der Waals surface area contributed by atoms with Crippen LogP contribution in [0, 0.1) is 13.8 Å². The Morgan fingerprint density at radius 3 is 1.78 bits per heavy atom. The number of phenolic OH excluding ortho intramolecular Hbond substituents is 6. The van der Waals surface area contributed by atoms with E-state index in [0.29, 0.717) is 0 Å². The van der Waals surface area contributed by atoms with Crippen LogP contribution in [0.1, 0.15) is 38.2 Å². The molecule has 2 aliphatic heterocycles. The number of hydrogen-bond acceptors (Lipinski definition) is 9. The molecule has 0 fully saturated rings. The third-order valence-electron chi connectivity index (χ3n) is 5.28.